The molecule has 0 radical (unpaired) electrons. The molecule has 2 aromatic heterocycles. The van der Waals surface area contributed by atoms with Crippen LogP contribution < -0.4 is 5.69 Å². The number of thioether (sulfide) groups is 1. The van der Waals surface area contributed by atoms with Gasteiger partial charge in [0.25, 0.3) is 0 Å². The molecule has 0 aliphatic heterocycles. The number of methoxy groups -OCH3 is 1. The van der Waals surface area contributed by atoms with Crippen LogP contribution in [0.15, 0.2) is 44.7 Å². The van der Waals surface area contributed by atoms with Gasteiger partial charge >= 0.3 is 11.7 Å². The van der Waals surface area contributed by atoms with E-state index in [2.05, 4.69) is 15.0 Å². The van der Waals surface area contributed by atoms with Gasteiger partial charge in [0.15, 0.2) is 5.76 Å². The molecule has 0 aliphatic rings. The van der Waals surface area contributed by atoms with Crippen LogP contribution in [0.1, 0.15) is 21.9 Å². The fourth-order valence-corrected chi connectivity index (χ4v) is 3.31. The Morgan fingerprint density at radius 3 is 2.77 bits per heavy atom. The van der Waals surface area contributed by atoms with E-state index in [9.17, 15) is 9.59 Å². The summed E-state index contributed by atoms with van der Waals surface area (Å²) in [6.07, 6.45) is 1.61. The van der Waals surface area contributed by atoms with Gasteiger partial charge in [0, 0.05) is 16.3 Å². The van der Waals surface area contributed by atoms with Crippen LogP contribution in [0, 0.1) is 6.92 Å². The molecule has 0 bridgehead atoms. The summed E-state index contributed by atoms with van der Waals surface area (Å²) >= 11 is 7.05. The lowest BCUT2D eigenvalue weighted by atomic mass is 10.2. The Hall–Kier alpha value is -2.58. The van der Waals surface area contributed by atoms with Crippen LogP contribution in [-0.4, -0.2) is 28.0 Å². The Morgan fingerprint density at radius 2 is 2.08 bits per heavy atom. The molecule has 0 aliphatic carbocycles. The van der Waals surface area contributed by atoms with Crippen LogP contribution in [0.4, 0.5) is 0 Å². The lowest BCUT2D eigenvalue weighted by molar-refractivity contribution is 0.0594. The van der Waals surface area contributed by atoms with E-state index in [4.69, 9.17) is 20.8 Å². The highest BCUT2D eigenvalue weighted by Crippen LogP contribution is 2.28. The van der Waals surface area contributed by atoms with E-state index in [0.717, 1.165) is 5.56 Å². The van der Waals surface area contributed by atoms with Crippen LogP contribution in [0.5, 0.6) is 0 Å². The minimum absolute atomic E-state index is 0.224. The van der Waals surface area contributed by atoms with Gasteiger partial charge in [-0.15, -0.1) is 0 Å². The summed E-state index contributed by atoms with van der Waals surface area (Å²) in [6.45, 7) is 1.61. The first-order valence-electron chi connectivity index (χ1n) is 7.50. The number of benzene rings is 1. The third kappa shape index (κ3) is 3.97. The number of nitrogens with zero attached hydrogens (tertiary/aromatic N) is 2. The lowest BCUT2D eigenvalue weighted by Gasteiger charge is -2.07. The number of esters is 1. The molecule has 1 N–H and O–H groups in total. The predicted molar refractivity (Wildman–Crippen MR) is 97.4 cm³/mol. The molecule has 3 rings (SSSR count). The number of halogens is 1. The van der Waals surface area contributed by atoms with Crippen molar-refractivity contribution in [1.82, 2.24) is 15.0 Å². The molecule has 134 valence electrons. The average Bonchev–Trinajstić information content (AvgIpc) is 3.08. The fraction of sp³-hybridized carbons (Fsp3) is 0.176. The number of nitrogens with one attached hydrogen (secondary N) is 1. The summed E-state index contributed by atoms with van der Waals surface area (Å²) in [5.41, 5.74) is 0.931. The van der Waals surface area contributed by atoms with E-state index in [1.54, 1.807) is 25.3 Å². The minimum atomic E-state index is -0.567. The first-order valence-corrected chi connectivity index (χ1v) is 8.87. The number of H-pyrrole nitrogens is 1. The summed E-state index contributed by atoms with van der Waals surface area (Å²) in [5, 5.41) is 0.902. The Labute approximate surface area is 157 Å². The molecule has 26 heavy (non-hydrogen) atoms. The van der Waals surface area contributed by atoms with Gasteiger partial charge in [-0.1, -0.05) is 23.4 Å². The van der Waals surface area contributed by atoms with Crippen LogP contribution in [0.3, 0.4) is 0 Å². The van der Waals surface area contributed by atoms with Crippen LogP contribution in [0.2, 0.25) is 5.02 Å². The maximum atomic E-state index is 11.9. The molecule has 2 heterocycles. The Bertz CT molecular complexity index is 998. The van der Waals surface area contributed by atoms with Crippen molar-refractivity contribution in [1.29, 1.82) is 0 Å². The van der Waals surface area contributed by atoms with E-state index in [1.165, 1.54) is 18.9 Å². The summed E-state index contributed by atoms with van der Waals surface area (Å²) < 4.78 is 10.5. The monoisotopic (exact) mass is 391 g/mol. The highest BCUT2D eigenvalue weighted by Gasteiger charge is 2.19. The third-order valence-corrected chi connectivity index (χ3v) is 4.70. The number of carbonyl (C=O) groups excluding carboxylic acids is 1. The van der Waals surface area contributed by atoms with Crippen molar-refractivity contribution in [3.63, 3.8) is 0 Å². The molecule has 0 saturated carbocycles. The molecule has 0 saturated heterocycles. The number of aromatic nitrogens is 3. The predicted octanol–water partition coefficient (Wildman–Crippen LogP) is 3.47. The second kappa shape index (κ2) is 7.76. The van der Waals surface area contributed by atoms with Crippen molar-refractivity contribution in [2.24, 2.45) is 0 Å². The van der Waals surface area contributed by atoms with E-state index < -0.39 is 11.7 Å². The molecule has 0 atom stereocenters. The molecular formula is C17H14ClN3O4S. The summed E-state index contributed by atoms with van der Waals surface area (Å²) in [4.78, 5) is 34.1. The molecule has 0 fully saturated rings. The molecular weight excluding hydrogens is 378 g/mol. The van der Waals surface area contributed by atoms with Gasteiger partial charge in [-0.3, -0.25) is 0 Å². The number of hydrogen-bond acceptors (Lipinski definition) is 7. The SMILES string of the molecule is COC(=O)c1c(SCc2ncc(-c3ccc(Cl)cc3)o2)nc(=O)[nH]c1C. The molecule has 0 spiro atoms. The van der Waals surface area contributed by atoms with Gasteiger partial charge in [0.1, 0.15) is 10.6 Å². The number of ether oxygens (including phenoxy) is 1. The smallest absolute Gasteiger partial charge is 0.346 e. The molecule has 3 aromatic rings. The summed E-state index contributed by atoms with van der Waals surface area (Å²) in [5.74, 6) is 0.770. The summed E-state index contributed by atoms with van der Waals surface area (Å²) in [6, 6.07) is 7.19. The maximum Gasteiger partial charge on any atom is 0.346 e. The van der Waals surface area contributed by atoms with E-state index in [0.29, 0.717) is 28.1 Å². The van der Waals surface area contributed by atoms with Gasteiger partial charge in [-0.05, 0) is 31.2 Å². The topological polar surface area (TPSA) is 98.1 Å². The van der Waals surface area contributed by atoms with Crippen molar-refractivity contribution >= 4 is 29.3 Å². The van der Waals surface area contributed by atoms with Gasteiger partial charge in [-0.2, -0.15) is 4.98 Å². The first-order chi connectivity index (χ1) is 12.5. The normalized spacial score (nSPS) is 10.7. The number of aromatic amines is 1. The second-order valence-electron chi connectivity index (χ2n) is 5.25. The van der Waals surface area contributed by atoms with Crippen LogP contribution in [-0.2, 0) is 10.5 Å². The number of aryl methyl sites for hydroxylation is 1. The highest BCUT2D eigenvalue weighted by atomic mass is 35.5. The van der Waals surface area contributed by atoms with Gasteiger partial charge < -0.3 is 14.1 Å². The van der Waals surface area contributed by atoms with Crippen LogP contribution in [0.25, 0.3) is 11.3 Å². The van der Waals surface area contributed by atoms with Crippen molar-refractivity contribution in [3.8, 4) is 11.3 Å². The molecule has 0 amide bonds. The summed E-state index contributed by atoms with van der Waals surface area (Å²) in [7, 11) is 1.27. The van der Waals surface area contributed by atoms with Crippen molar-refractivity contribution in [3.05, 3.63) is 63.1 Å². The zero-order valence-electron chi connectivity index (χ0n) is 13.9. The zero-order chi connectivity index (χ0) is 18.7. The largest absolute Gasteiger partial charge is 0.465 e. The fourth-order valence-electron chi connectivity index (χ4n) is 2.26. The number of oxazole rings is 1. The van der Waals surface area contributed by atoms with Gasteiger partial charge in [0.2, 0.25) is 5.89 Å². The standard InChI is InChI=1S/C17H14ClN3O4S/c1-9-14(16(22)24-2)15(21-17(23)20-9)26-8-13-19-7-12(25-13)10-3-5-11(18)6-4-10/h3-7H,8H2,1-2H3,(H,20,21,23). The quantitative estimate of drug-likeness (QED) is 0.404. The van der Waals surface area contributed by atoms with E-state index in [1.807, 2.05) is 12.1 Å². The van der Waals surface area contributed by atoms with Crippen molar-refractivity contribution in [2.45, 2.75) is 17.7 Å². The molecule has 7 nitrogen and oxygen atoms in total. The maximum absolute atomic E-state index is 11.9. The second-order valence-corrected chi connectivity index (χ2v) is 6.65. The molecule has 9 heteroatoms. The van der Waals surface area contributed by atoms with E-state index in [-0.39, 0.29) is 10.6 Å². The average molecular weight is 392 g/mol. The van der Waals surface area contributed by atoms with Crippen molar-refractivity contribution in [2.75, 3.05) is 7.11 Å². The first kappa shape index (κ1) is 18.2. The van der Waals surface area contributed by atoms with Gasteiger partial charge in [-0.25, -0.2) is 14.6 Å². The van der Waals surface area contributed by atoms with Crippen LogP contribution >= 0.6 is 23.4 Å². The lowest BCUT2D eigenvalue weighted by Crippen LogP contribution is -2.19. The minimum Gasteiger partial charge on any atom is -0.465 e. The van der Waals surface area contributed by atoms with Crippen molar-refractivity contribution < 1.29 is 13.9 Å². The number of carbonyl (C=O) groups is 1. The van der Waals surface area contributed by atoms with Gasteiger partial charge in [0.05, 0.1) is 19.1 Å². The Balaban J connectivity index is 1.81. The van der Waals surface area contributed by atoms with E-state index >= 15 is 0 Å². The number of rotatable bonds is 5. The molecule has 1 aromatic carbocycles. The molecule has 0 unspecified atom stereocenters. The highest BCUT2D eigenvalue weighted by molar-refractivity contribution is 7.98. The third-order valence-electron chi connectivity index (χ3n) is 3.49. The Morgan fingerprint density at radius 1 is 1.35 bits per heavy atom. The Kier molecular flexibility index (Phi) is 5.43. The zero-order valence-corrected chi connectivity index (χ0v) is 15.5. The number of hydrogen-bond donors (Lipinski definition) is 1.